The molecule has 13 nitrogen and oxygen atoms in total. The molecule has 0 spiro atoms. The molecule has 3 rings (SSSR count). The Hall–Kier alpha value is -4.52. The molecule has 0 saturated heterocycles. The Morgan fingerprint density at radius 3 is 1.56 bits per heavy atom. The van der Waals surface area contributed by atoms with E-state index in [1.165, 1.54) is 18.2 Å². The summed E-state index contributed by atoms with van der Waals surface area (Å²) in [5, 5.41) is 22.4. The van der Waals surface area contributed by atoms with Gasteiger partial charge in [0.2, 0.25) is 0 Å². The Morgan fingerprint density at radius 2 is 1.12 bits per heavy atom. The lowest BCUT2D eigenvalue weighted by Gasteiger charge is -2.22. The van der Waals surface area contributed by atoms with Crippen LogP contribution in [0.4, 0.5) is 22.7 Å². The average molecular weight is 334 g/mol. The largest absolute Gasteiger partial charge is 0.507 e. The molecule has 2 aliphatic carbocycles. The predicted molar refractivity (Wildman–Crippen MR) is 88.8 cm³/mol. The molecular formula is C12H6N12O. The second-order valence-corrected chi connectivity index (χ2v) is 4.26. The van der Waals surface area contributed by atoms with E-state index in [1.54, 1.807) is 0 Å². The van der Waals surface area contributed by atoms with Crippen molar-refractivity contribution in [3.05, 3.63) is 72.1 Å². The van der Waals surface area contributed by atoms with Crippen LogP contribution >= 0.6 is 0 Å². The number of phenolic OH excluding ortho intramolecular Hbond substituents is 1. The van der Waals surface area contributed by atoms with Crippen molar-refractivity contribution < 1.29 is 5.11 Å². The Kier molecular flexibility index (Phi) is 5.16. The van der Waals surface area contributed by atoms with Crippen molar-refractivity contribution >= 4 is 22.7 Å². The Labute approximate surface area is 138 Å². The monoisotopic (exact) mass is 334 g/mol. The summed E-state index contributed by atoms with van der Waals surface area (Å²) in [7, 11) is 0. The number of azide groups is 4. The quantitative estimate of drug-likeness (QED) is 0.302. The first-order chi connectivity index (χ1) is 12.2. The van der Waals surface area contributed by atoms with Gasteiger partial charge < -0.3 is 5.11 Å². The third-order valence-electron chi connectivity index (χ3n) is 3.02. The minimum Gasteiger partial charge on any atom is -0.507 e. The van der Waals surface area contributed by atoms with E-state index in [2.05, 4.69) is 40.1 Å². The lowest BCUT2D eigenvalue weighted by atomic mass is 9.88. The molecule has 0 fully saturated rings. The molecule has 120 valence electrons. The van der Waals surface area contributed by atoms with E-state index in [0.717, 1.165) is 11.1 Å². The first-order valence-corrected chi connectivity index (χ1v) is 6.37. The van der Waals surface area contributed by atoms with Crippen molar-refractivity contribution in [1.29, 1.82) is 0 Å². The van der Waals surface area contributed by atoms with Gasteiger partial charge in [0.15, 0.2) is 0 Å². The van der Waals surface area contributed by atoms with Crippen LogP contribution in [0.5, 0.6) is 5.75 Å². The van der Waals surface area contributed by atoms with Gasteiger partial charge >= 0.3 is 0 Å². The van der Waals surface area contributed by atoms with Gasteiger partial charge in [0.25, 0.3) is 0 Å². The van der Waals surface area contributed by atoms with Crippen LogP contribution in [0.3, 0.4) is 0 Å². The first-order valence-electron chi connectivity index (χ1n) is 6.37. The molecule has 0 radical (unpaired) electrons. The molecule has 1 aromatic rings. The third kappa shape index (κ3) is 3.30. The second kappa shape index (κ2) is 7.65. The molecule has 0 atom stereocenters. The maximum Gasteiger partial charge on any atom is 0.125 e. The smallest absolute Gasteiger partial charge is 0.125 e. The molecule has 0 heterocycles. The van der Waals surface area contributed by atoms with Crippen LogP contribution in [0.25, 0.3) is 52.9 Å². The highest BCUT2D eigenvalue weighted by atomic mass is 16.3. The number of phenols is 1. The van der Waals surface area contributed by atoms with Crippen molar-refractivity contribution in [3.63, 3.8) is 0 Å². The molecule has 1 N–H and O–H groups in total. The number of benzene rings is 2. The van der Waals surface area contributed by atoms with Crippen molar-refractivity contribution in [2.45, 2.75) is 0 Å². The predicted octanol–water partition coefficient (Wildman–Crippen LogP) is 6.83. The fraction of sp³-hybridized carbons (Fsp3) is 0. The number of fused-ring (bicyclic) bond motifs is 1. The summed E-state index contributed by atoms with van der Waals surface area (Å²) < 4.78 is 0. The molecule has 25 heavy (non-hydrogen) atoms. The van der Waals surface area contributed by atoms with Gasteiger partial charge in [0.05, 0.1) is 22.7 Å². The van der Waals surface area contributed by atoms with E-state index in [1.807, 2.05) is 12.1 Å². The fourth-order valence-electron chi connectivity index (χ4n) is 1.94. The van der Waals surface area contributed by atoms with Gasteiger partial charge in [0, 0.05) is 19.6 Å². The maximum atomic E-state index is 9.20. The number of aromatic hydroxyl groups is 1. The van der Waals surface area contributed by atoms with E-state index < -0.39 is 0 Å². The molecular weight excluding hydrogens is 328 g/mol. The van der Waals surface area contributed by atoms with Gasteiger partial charge in [0.1, 0.15) is 5.75 Å². The van der Waals surface area contributed by atoms with Gasteiger partial charge in [-0.25, -0.2) is 0 Å². The average Bonchev–Trinajstić information content (AvgIpc) is 2.57. The summed E-state index contributed by atoms with van der Waals surface area (Å²) in [5.74, 6) is -0.220. The molecule has 0 aliphatic heterocycles. The van der Waals surface area contributed by atoms with E-state index in [9.17, 15) is 5.11 Å². The SMILES string of the molecule is [N-]=[N+]=Nc1c2ccc-2c1N=[N+]=[N-].[N-]=[N+]=Nc1cccc(O)c1N=[N+]=[N-]. The normalized spacial score (nSPS) is 8.96. The van der Waals surface area contributed by atoms with E-state index in [0.29, 0.717) is 11.4 Å². The zero-order valence-electron chi connectivity index (χ0n) is 12.2. The van der Waals surface area contributed by atoms with Gasteiger partial charge in [-0.2, -0.15) is 0 Å². The summed E-state index contributed by atoms with van der Waals surface area (Å²) in [5.41, 5.74) is 35.3. The van der Waals surface area contributed by atoms with Crippen molar-refractivity contribution in [1.82, 2.24) is 0 Å². The minimum absolute atomic E-state index is 0.0669. The number of nitrogens with zero attached hydrogens (tertiary/aromatic N) is 12. The van der Waals surface area contributed by atoms with Crippen LogP contribution in [-0.2, 0) is 0 Å². The number of hydrogen-bond acceptors (Lipinski definition) is 5. The molecule has 1 aromatic carbocycles. The fourth-order valence-corrected chi connectivity index (χ4v) is 1.94. The van der Waals surface area contributed by atoms with Crippen LogP contribution in [0, 0.1) is 0 Å². The van der Waals surface area contributed by atoms with Gasteiger partial charge in [-0.1, -0.05) is 44.7 Å². The summed E-state index contributed by atoms with van der Waals surface area (Å²) in [6, 6.07) is 7.88. The molecule has 0 unspecified atom stereocenters. The summed E-state index contributed by atoms with van der Waals surface area (Å²) >= 11 is 0. The molecule has 2 aliphatic rings. The highest BCUT2D eigenvalue weighted by molar-refractivity contribution is 6.04. The van der Waals surface area contributed by atoms with Crippen molar-refractivity contribution in [2.24, 2.45) is 20.5 Å². The Bertz CT molecular complexity index is 991. The third-order valence-corrected chi connectivity index (χ3v) is 3.02. The van der Waals surface area contributed by atoms with Gasteiger partial charge in [-0.15, -0.1) is 0 Å². The second-order valence-electron chi connectivity index (χ2n) is 4.26. The van der Waals surface area contributed by atoms with Crippen LogP contribution in [0.15, 0.2) is 50.8 Å². The Morgan fingerprint density at radius 1 is 0.640 bits per heavy atom. The van der Waals surface area contributed by atoms with Gasteiger partial charge in [-0.3, -0.25) is 0 Å². The maximum absolute atomic E-state index is 9.20. The van der Waals surface area contributed by atoms with Crippen LogP contribution in [0.2, 0.25) is 0 Å². The zero-order valence-corrected chi connectivity index (χ0v) is 12.2. The van der Waals surface area contributed by atoms with E-state index >= 15 is 0 Å². The van der Waals surface area contributed by atoms with Gasteiger partial charge in [-0.05, 0) is 39.3 Å². The number of rotatable bonds is 4. The first kappa shape index (κ1) is 16.8. The van der Waals surface area contributed by atoms with Crippen LogP contribution < -0.4 is 0 Å². The summed E-state index contributed by atoms with van der Waals surface area (Å²) in [6.07, 6.45) is 0. The lowest BCUT2D eigenvalue weighted by Crippen LogP contribution is -1.91. The number of hydrogen-bond donors (Lipinski definition) is 1. The molecule has 0 bridgehead atoms. The highest BCUT2D eigenvalue weighted by Gasteiger charge is 2.23. The zero-order chi connectivity index (χ0) is 18.2. The van der Waals surface area contributed by atoms with E-state index in [4.69, 9.17) is 22.1 Å². The summed E-state index contributed by atoms with van der Waals surface area (Å²) in [4.78, 5) is 10.3. The summed E-state index contributed by atoms with van der Waals surface area (Å²) in [6.45, 7) is 0. The molecule has 0 saturated carbocycles. The van der Waals surface area contributed by atoms with E-state index in [-0.39, 0.29) is 17.1 Å². The standard InChI is InChI=1S/C6H4N6O.C6H2N6/c7-11-9-4-2-1-3-5(13)6(4)10-12-8;7-11-9-5-3-1-2-4(3)6(5)10-12-8/h1-3,13H;1-2H. The topological polar surface area (TPSA) is 215 Å². The van der Waals surface area contributed by atoms with Crippen LogP contribution in [0.1, 0.15) is 0 Å². The molecule has 0 amide bonds. The van der Waals surface area contributed by atoms with Crippen molar-refractivity contribution in [3.8, 4) is 16.9 Å². The minimum atomic E-state index is -0.220. The highest BCUT2D eigenvalue weighted by Crippen LogP contribution is 2.55. The van der Waals surface area contributed by atoms with Crippen LogP contribution in [-0.4, -0.2) is 5.11 Å². The Balaban J connectivity index is 0.000000181. The molecule has 13 heteroatoms. The van der Waals surface area contributed by atoms with Crippen molar-refractivity contribution in [2.75, 3.05) is 0 Å². The molecule has 0 aromatic heterocycles. The lowest BCUT2D eigenvalue weighted by molar-refractivity contribution is 0.477.